The highest BCUT2D eigenvalue weighted by Crippen LogP contribution is 2.08. The molecule has 1 heterocycles. The summed E-state index contributed by atoms with van der Waals surface area (Å²) in [6.07, 6.45) is 2.28. The number of likely N-dealkylation sites (N-methyl/N-ethyl adjacent to an activating group) is 1. The SMILES string of the molecule is CN=C(NCCc1cc(C)cc(C)c1)NCCN1CCCN(C)CC1. The van der Waals surface area contributed by atoms with Gasteiger partial charge in [0.1, 0.15) is 0 Å². The fourth-order valence-electron chi connectivity index (χ4n) is 3.42. The van der Waals surface area contributed by atoms with Crippen LogP contribution in [0.4, 0.5) is 0 Å². The van der Waals surface area contributed by atoms with Gasteiger partial charge < -0.3 is 20.4 Å². The van der Waals surface area contributed by atoms with Crippen molar-refractivity contribution < 1.29 is 0 Å². The third-order valence-corrected chi connectivity index (χ3v) is 4.74. The second-order valence-corrected chi connectivity index (χ2v) is 7.17. The van der Waals surface area contributed by atoms with Gasteiger partial charge in [-0.3, -0.25) is 4.99 Å². The first kappa shape index (κ1) is 19.7. The Morgan fingerprint density at radius 2 is 1.72 bits per heavy atom. The van der Waals surface area contributed by atoms with Gasteiger partial charge in [-0.2, -0.15) is 0 Å². The maximum Gasteiger partial charge on any atom is 0.191 e. The third kappa shape index (κ3) is 7.45. The maximum atomic E-state index is 4.34. The van der Waals surface area contributed by atoms with Crippen LogP contribution in [0.5, 0.6) is 0 Å². The van der Waals surface area contributed by atoms with Gasteiger partial charge in [0.25, 0.3) is 0 Å². The molecule has 0 aromatic heterocycles. The normalized spacial score (nSPS) is 17.4. The van der Waals surface area contributed by atoms with Gasteiger partial charge in [0.05, 0.1) is 0 Å². The molecule has 1 aromatic rings. The van der Waals surface area contributed by atoms with E-state index in [9.17, 15) is 0 Å². The number of nitrogens with one attached hydrogen (secondary N) is 2. The van der Waals surface area contributed by atoms with E-state index in [1.54, 1.807) is 0 Å². The lowest BCUT2D eigenvalue weighted by atomic mass is 10.1. The Kier molecular flexibility index (Phi) is 8.22. The number of benzene rings is 1. The molecule has 1 fully saturated rings. The van der Waals surface area contributed by atoms with Gasteiger partial charge in [-0.25, -0.2) is 0 Å². The molecule has 5 heteroatoms. The topological polar surface area (TPSA) is 42.9 Å². The van der Waals surface area contributed by atoms with E-state index < -0.39 is 0 Å². The molecular formula is C20H35N5. The zero-order valence-corrected chi connectivity index (χ0v) is 16.4. The van der Waals surface area contributed by atoms with Crippen LogP contribution in [-0.2, 0) is 6.42 Å². The molecule has 0 atom stereocenters. The minimum Gasteiger partial charge on any atom is -0.356 e. The van der Waals surface area contributed by atoms with E-state index >= 15 is 0 Å². The van der Waals surface area contributed by atoms with Crippen molar-refractivity contribution in [1.29, 1.82) is 0 Å². The van der Waals surface area contributed by atoms with Gasteiger partial charge in [-0.15, -0.1) is 0 Å². The molecular weight excluding hydrogens is 310 g/mol. The van der Waals surface area contributed by atoms with Gasteiger partial charge >= 0.3 is 0 Å². The average molecular weight is 346 g/mol. The highest BCUT2D eigenvalue weighted by Gasteiger charge is 2.11. The lowest BCUT2D eigenvalue weighted by molar-refractivity contribution is 0.280. The van der Waals surface area contributed by atoms with Crippen molar-refractivity contribution in [3.05, 3.63) is 34.9 Å². The van der Waals surface area contributed by atoms with Crippen LogP contribution < -0.4 is 10.6 Å². The van der Waals surface area contributed by atoms with E-state index in [1.165, 1.54) is 42.7 Å². The van der Waals surface area contributed by atoms with Crippen LogP contribution in [0.25, 0.3) is 0 Å². The molecule has 2 rings (SSSR count). The largest absolute Gasteiger partial charge is 0.356 e. The highest BCUT2D eigenvalue weighted by atomic mass is 15.2. The minimum atomic E-state index is 0.899. The zero-order valence-electron chi connectivity index (χ0n) is 16.4. The predicted molar refractivity (Wildman–Crippen MR) is 108 cm³/mol. The standard InChI is InChI=1S/C20H35N5/c1-17-14-18(2)16-19(15-17)6-7-22-20(21-3)23-8-11-25-10-5-9-24(4)12-13-25/h14-16H,5-13H2,1-4H3,(H2,21,22,23). The summed E-state index contributed by atoms with van der Waals surface area (Å²) in [5.41, 5.74) is 4.05. The molecule has 0 unspecified atom stereocenters. The first-order chi connectivity index (χ1) is 12.1. The molecule has 140 valence electrons. The van der Waals surface area contributed by atoms with Gasteiger partial charge in [-0.1, -0.05) is 29.3 Å². The van der Waals surface area contributed by atoms with Crippen molar-refractivity contribution in [2.24, 2.45) is 4.99 Å². The molecule has 1 aromatic carbocycles. The van der Waals surface area contributed by atoms with Crippen molar-refractivity contribution in [3.63, 3.8) is 0 Å². The smallest absolute Gasteiger partial charge is 0.191 e. The Bertz CT molecular complexity index is 535. The molecule has 0 saturated carbocycles. The second kappa shape index (κ2) is 10.4. The highest BCUT2D eigenvalue weighted by molar-refractivity contribution is 5.79. The molecule has 1 aliphatic rings. The Balaban J connectivity index is 1.66. The Hall–Kier alpha value is -1.59. The number of hydrogen-bond donors (Lipinski definition) is 2. The van der Waals surface area contributed by atoms with Gasteiger partial charge in [0.15, 0.2) is 5.96 Å². The Morgan fingerprint density at radius 1 is 1.00 bits per heavy atom. The van der Waals surface area contributed by atoms with Crippen LogP contribution in [0.15, 0.2) is 23.2 Å². The maximum absolute atomic E-state index is 4.34. The molecule has 0 amide bonds. The number of guanidine groups is 1. The summed E-state index contributed by atoms with van der Waals surface area (Å²) in [6, 6.07) is 6.75. The van der Waals surface area contributed by atoms with Gasteiger partial charge in [-0.05, 0) is 52.4 Å². The molecule has 25 heavy (non-hydrogen) atoms. The van der Waals surface area contributed by atoms with Gasteiger partial charge in [0.2, 0.25) is 0 Å². The van der Waals surface area contributed by atoms with Crippen molar-refractivity contribution in [3.8, 4) is 0 Å². The summed E-state index contributed by atoms with van der Waals surface area (Å²) in [4.78, 5) is 9.29. The van der Waals surface area contributed by atoms with E-state index in [0.717, 1.165) is 38.6 Å². The molecule has 0 bridgehead atoms. The number of rotatable bonds is 6. The van der Waals surface area contributed by atoms with Crippen LogP contribution in [0, 0.1) is 13.8 Å². The Labute approximate surface area is 153 Å². The number of nitrogens with zero attached hydrogens (tertiary/aromatic N) is 3. The van der Waals surface area contributed by atoms with Crippen LogP contribution >= 0.6 is 0 Å². The second-order valence-electron chi connectivity index (χ2n) is 7.17. The molecule has 1 aliphatic heterocycles. The summed E-state index contributed by atoms with van der Waals surface area (Å²) in [7, 11) is 4.05. The van der Waals surface area contributed by atoms with E-state index in [0.29, 0.717) is 0 Å². The number of hydrogen-bond acceptors (Lipinski definition) is 3. The first-order valence-corrected chi connectivity index (χ1v) is 9.49. The first-order valence-electron chi connectivity index (χ1n) is 9.49. The summed E-state index contributed by atoms with van der Waals surface area (Å²) < 4.78 is 0. The fraction of sp³-hybridized carbons (Fsp3) is 0.650. The van der Waals surface area contributed by atoms with E-state index in [4.69, 9.17) is 0 Å². The zero-order chi connectivity index (χ0) is 18.1. The molecule has 1 saturated heterocycles. The lowest BCUT2D eigenvalue weighted by Crippen LogP contribution is -2.42. The molecule has 0 spiro atoms. The average Bonchev–Trinajstić information content (AvgIpc) is 2.77. The summed E-state index contributed by atoms with van der Waals surface area (Å²) >= 11 is 0. The van der Waals surface area contributed by atoms with Crippen LogP contribution in [0.1, 0.15) is 23.1 Å². The number of aliphatic imine (C=N–C) groups is 1. The molecule has 0 aliphatic carbocycles. The molecule has 0 radical (unpaired) electrons. The number of aryl methyl sites for hydroxylation is 2. The monoisotopic (exact) mass is 345 g/mol. The van der Waals surface area contributed by atoms with Crippen molar-refractivity contribution in [1.82, 2.24) is 20.4 Å². The van der Waals surface area contributed by atoms with Crippen molar-refractivity contribution in [2.45, 2.75) is 26.7 Å². The van der Waals surface area contributed by atoms with Crippen molar-refractivity contribution >= 4 is 5.96 Å². The summed E-state index contributed by atoms with van der Waals surface area (Å²) in [5.74, 6) is 0.899. The van der Waals surface area contributed by atoms with Crippen molar-refractivity contribution in [2.75, 3.05) is 59.9 Å². The van der Waals surface area contributed by atoms with E-state index in [1.807, 2.05) is 7.05 Å². The fourth-order valence-corrected chi connectivity index (χ4v) is 3.42. The summed E-state index contributed by atoms with van der Waals surface area (Å²) in [6.45, 7) is 12.0. The van der Waals surface area contributed by atoms with Gasteiger partial charge in [0, 0.05) is 39.8 Å². The molecule has 2 N–H and O–H groups in total. The van der Waals surface area contributed by atoms with Crippen LogP contribution in [-0.4, -0.2) is 75.7 Å². The quantitative estimate of drug-likeness (QED) is 0.608. The van der Waals surface area contributed by atoms with Crippen LogP contribution in [0.2, 0.25) is 0 Å². The molecule has 5 nitrogen and oxygen atoms in total. The summed E-state index contributed by atoms with van der Waals surface area (Å²) in [5, 5.41) is 6.87. The third-order valence-electron chi connectivity index (χ3n) is 4.74. The lowest BCUT2D eigenvalue weighted by Gasteiger charge is -2.21. The minimum absolute atomic E-state index is 0.899. The van der Waals surface area contributed by atoms with Crippen LogP contribution in [0.3, 0.4) is 0 Å². The van der Waals surface area contributed by atoms with E-state index in [2.05, 4.69) is 64.5 Å². The van der Waals surface area contributed by atoms with E-state index in [-0.39, 0.29) is 0 Å². The Morgan fingerprint density at radius 3 is 2.44 bits per heavy atom. The predicted octanol–water partition coefficient (Wildman–Crippen LogP) is 1.65.